The summed E-state index contributed by atoms with van der Waals surface area (Å²) in [5.41, 5.74) is 6.02. The van der Waals surface area contributed by atoms with Crippen LogP contribution in [0.15, 0.2) is 40.3 Å². The van der Waals surface area contributed by atoms with Gasteiger partial charge < -0.3 is 15.4 Å². The lowest BCUT2D eigenvalue weighted by atomic mass is 10.1. The maximum Gasteiger partial charge on any atom is 0.227 e. The van der Waals surface area contributed by atoms with E-state index in [1.165, 1.54) is 25.4 Å². The lowest BCUT2D eigenvalue weighted by Gasteiger charge is -2.26. The van der Waals surface area contributed by atoms with Gasteiger partial charge in [0, 0.05) is 13.1 Å². The predicted molar refractivity (Wildman–Crippen MR) is 107 cm³/mol. The molecule has 27 heavy (non-hydrogen) atoms. The average Bonchev–Trinajstić information content (AvgIpc) is 2.60. The van der Waals surface area contributed by atoms with Crippen molar-refractivity contribution in [3.63, 3.8) is 0 Å². The van der Waals surface area contributed by atoms with E-state index in [2.05, 4.69) is 37.7 Å². The number of sulfone groups is 1. The summed E-state index contributed by atoms with van der Waals surface area (Å²) in [6.07, 6.45) is 1.30. The molecule has 0 saturated carbocycles. The largest absolute Gasteiger partial charge is 0.497 e. The molecule has 0 unspecified atom stereocenters. The van der Waals surface area contributed by atoms with Crippen molar-refractivity contribution >= 4 is 21.6 Å². The third-order valence-electron chi connectivity index (χ3n) is 3.88. The van der Waals surface area contributed by atoms with Crippen molar-refractivity contribution in [3.05, 3.63) is 30.5 Å². The Labute approximate surface area is 161 Å². The molecule has 7 nitrogen and oxygen atoms in total. The molecule has 148 valence electrons. The summed E-state index contributed by atoms with van der Waals surface area (Å²) in [6.45, 7) is 9.97. The van der Waals surface area contributed by atoms with Gasteiger partial charge in [-0.3, -0.25) is 0 Å². The van der Waals surface area contributed by atoms with E-state index in [0.29, 0.717) is 23.5 Å². The van der Waals surface area contributed by atoms with Gasteiger partial charge in [-0.05, 0) is 36.1 Å². The SMILES string of the molecule is COc1ccc(S(=O)(=O)c2cnc(N(CC(C)C)CC(C)C)nc2N)cc1. The first-order chi connectivity index (χ1) is 12.6. The van der Waals surface area contributed by atoms with Gasteiger partial charge in [0.05, 0.1) is 18.2 Å². The molecule has 0 aliphatic carbocycles. The van der Waals surface area contributed by atoms with Crippen molar-refractivity contribution < 1.29 is 13.2 Å². The second kappa shape index (κ2) is 8.56. The maximum atomic E-state index is 12.9. The zero-order valence-corrected chi connectivity index (χ0v) is 17.3. The molecule has 0 saturated heterocycles. The second-order valence-electron chi connectivity index (χ2n) is 7.29. The van der Waals surface area contributed by atoms with Crippen molar-refractivity contribution in [2.24, 2.45) is 11.8 Å². The third-order valence-corrected chi connectivity index (χ3v) is 5.67. The smallest absolute Gasteiger partial charge is 0.227 e. The Morgan fingerprint density at radius 2 is 1.63 bits per heavy atom. The molecular formula is C19H28N4O3S. The van der Waals surface area contributed by atoms with Crippen LogP contribution in [-0.2, 0) is 9.84 Å². The zero-order chi connectivity index (χ0) is 20.2. The van der Waals surface area contributed by atoms with E-state index >= 15 is 0 Å². The van der Waals surface area contributed by atoms with Gasteiger partial charge in [-0.1, -0.05) is 27.7 Å². The van der Waals surface area contributed by atoms with Gasteiger partial charge in [0.15, 0.2) is 0 Å². The number of benzene rings is 1. The number of anilines is 2. The Balaban J connectivity index is 2.38. The van der Waals surface area contributed by atoms with Crippen LogP contribution < -0.4 is 15.4 Å². The van der Waals surface area contributed by atoms with E-state index in [1.807, 2.05) is 4.90 Å². The van der Waals surface area contributed by atoms with Crippen LogP contribution >= 0.6 is 0 Å². The Hall–Kier alpha value is -2.35. The molecule has 0 aliphatic heterocycles. The van der Waals surface area contributed by atoms with Crippen molar-refractivity contribution in [2.75, 3.05) is 30.8 Å². The highest BCUT2D eigenvalue weighted by molar-refractivity contribution is 7.91. The summed E-state index contributed by atoms with van der Waals surface area (Å²) in [4.78, 5) is 10.7. The summed E-state index contributed by atoms with van der Waals surface area (Å²) >= 11 is 0. The van der Waals surface area contributed by atoms with Crippen LogP contribution in [0.5, 0.6) is 5.75 Å². The van der Waals surface area contributed by atoms with E-state index in [9.17, 15) is 8.42 Å². The first kappa shape index (κ1) is 21.0. The maximum absolute atomic E-state index is 12.9. The summed E-state index contributed by atoms with van der Waals surface area (Å²) in [5.74, 6) is 1.80. The number of ether oxygens (including phenoxy) is 1. The summed E-state index contributed by atoms with van der Waals surface area (Å²) in [6, 6.07) is 6.13. The first-order valence-corrected chi connectivity index (χ1v) is 10.4. The zero-order valence-electron chi connectivity index (χ0n) is 16.5. The number of aromatic nitrogens is 2. The van der Waals surface area contributed by atoms with Gasteiger partial charge in [-0.15, -0.1) is 0 Å². The summed E-state index contributed by atoms with van der Waals surface area (Å²) < 4.78 is 30.8. The topological polar surface area (TPSA) is 98.4 Å². The first-order valence-electron chi connectivity index (χ1n) is 8.91. The number of nitrogens with zero attached hydrogens (tertiary/aromatic N) is 3. The quantitative estimate of drug-likeness (QED) is 0.737. The summed E-state index contributed by atoms with van der Waals surface area (Å²) in [7, 11) is -2.29. The van der Waals surface area contributed by atoms with Gasteiger partial charge in [-0.25, -0.2) is 13.4 Å². The van der Waals surface area contributed by atoms with Crippen LogP contribution in [0, 0.1) is 11.8 Å². The van der Waals surface area contributed by atoms with E-state index in [4.69, 9.17) is 10.5 Å². The molecule has 1 aromatic carbocycles. The number of rotatable bonds is 8. The molecule has 0 aliphatic rings. The molecule has 2 rings (SSSR count). The van der Waals surface area contributed by atoms with Crippen LogP contribution in [0.3, 0.4) is 0 Å². The van der Waals surface area contributed by atoms with E-state index in [-0.39, 0.29) is 15.6 Å². The normalized spacial score (nSPS) is 11.8. The number of nitrogens with two attached hydrogens (primary N) is 1. The summed E-state index contributed by atoms with van der Waals surface area (Å²) in [5, 5.41) is 0. The lowest BCUT2D eigenvalue weighted by molar-refractivity contribution is 0.414. The highest BCUT2D eigenvalue weighted by atomic mass is 32.2. The second-order valence-corrected chi connectivity index (χ2v) is 9.21. The number of methoxy groups -OCH3 is 1. The molecule has 1 aromatic heterocycles. The minimum absolute atomic E-state index is 0.0478. The van der Waals surface area contributed by atoms with Crippen LogP contribution in [0.2, 0.25) is 0 Å². The number of hydrogen-bond donors (Lipinski definition) is 1. The Morgan fingerprint density at radius 1 is 1.07 bits per heavy atom. The van der Waals surface area contributed by atoms with Crippen LogP contribution in [0.1, 0.15) is 27.7 Å². The van der Waals surface area contributed by atoms with Gasteiger partial charge in [0.2, 0.25) is 15.8 Å². The fraction of sp³-hybridized carbons (Fsp3) is 0.474. The monoisotopic (exact) mass is 392 g/mol. The number of hydrogen-bond acceptors (Lipinski definition) is 7. The Bertz CT molecular complexity index is 855. The van der Waals surface area contributed by atoms with Crippen LogP contribution in [-0.4, -0.2) is 38.6 Å². The van der Waals surface area contributed by atoms with Crippen molar-refractivity contribution in [1.82, 2.24) is 9.97 Å². The minimum Gasteiger partial charge on any atom is -0.497 e. The van der Waals surface area contributed by atoms with Gasteiger partial charge in [-0.2, -0.15) is 4.98 Å². The molecule has 0 radical (unpaired) electrons. The molecule has 2 aromatic rings. The Kier molecular flexibility index (Phi) is 6.64. The fourth-order valence-electron chi connectivity index (χ4n) is 2.73. The molecular weight excluding hydrogens is 364 g/mol. The Morgan fingerprint density at radius 3 is 2.07 bits per heavy atom. The molecule has 2 N–H and O–H groups in total. The highest BCUT2D eigenvalue weighted by Crippen LogP contribution is 2.27. The van der Waals surface area contributed by atoms with E-state index < -0.39 is 9.84 Å². The molecule has 0 atom stereocenters. The standard InChI is InChI=1S/C19H28N4O3S/c1-13(2)11-23(12-14(3)4)19-21-10-17(18(20)22-19)27(24,25)16-8-6-15(26-5)7-9-16/h6-10,13-14H,11-12H2,1-5H3,(H2,20,21,22). The van der Waals surface area contributed by atoms with Gasteiger partial charge >= 0.3 is 0 Å². The molecule has 8 heteroatoms. The van der Waals surface area contributed by atoms with Gasteiger partial charge in [0.1, 0.15) is 16.5 Å². The minimum atomic E-state index is -3.81. The van der Waals surface area contributed by atoms with E-state index in [1.54, 1.807) is 12.1 Å². The van der Waals surface area contributed by atoms with Crippen LogP contribution in [0.4, 0.5) is 11.8 Å². The van der Waals surface area contributed by atoms with Crippen molar-refractivity contribution in [2.45, 2.75) is 37.5 Å². The lowest BCUT2D eigenvalue weighted by Crippen LogP contribution is -2.33. The van der Waals surface area contributed by atoms with E-state index in [0.717, 1.165) is 13.1 Å². The highest BCUT2D eigenvalue weighted by Gasteiger charge is 2.24. The molecule has 0 amide bonds. The van der Waals surface area contributed by atoms with Crippen molar-refractivity contribution in [1.29, 1.82) is 0 Å². The molecule has 1 heterocycles. The molecule has 0 fully saturated rings. The van der Waals surface area contributed by atoms with Crippen molar-refractivity contribution in [3.8, 4) is 5.75 Å². The predicted octanol–water partition coefficient (Wildman–Crippen LogP) is 3.02. The molecule has 0 spiro atoms. The van der Waals surface area contributed by atoms with Crippen LogP contribution in [0.25, 0.3) is 0 Å². The fourth-order valence-corrected chi connectivity index (χ4v) is 4.00. The van der Waals surface area contributed by atoms with Gasteiger partial charge in [0.25, 0.3) is 0 Å². The third kappa shape index (κ3) is 5.09. The number of nitrogen functional groups attached to an aromatic ring is 1. The molecule has 0 bridgehead atoms. The average molecular weight is 393 g/mol.